The molecule has 106 valence electrons. The number of nitrogens with zero attached hydrogens (tertiary/aromatic N) is 1. The van der Waals surface area contributed by atoms with Crippen LogP contribution >= 0.6 is 11.8 Å². The topological polar surface area (TPSA) is 29.5 Å². The number of hydrogen-bond acceptors (Lipinski definition) is 4. The van der Waals surface area contributed by atoms with E-state index >= 15 is 0 Å². The van der Waals surface area contributed by atoms with Crippen LogP contribution in [0.1, 0.15) is 12.5 Å². The molecule has 1 aliphatic rings. The second kappa shape index (κ2) is 7.31. The van der Waals surface area contributed by atoms with Crippen molar-refractivity contribution >= 4 is 23.8 Å². The first-order valence-electron chi connectivity index (χ1n) is 6.53. The number of carbonyl (C=O) groups is 1. The van der Waals surface area contributed by atoms with Gasteiger partial charge >= 0.3 is 5.97 Å². The van der Waals surface area contributed by atoms with Gasteiger partial charge in [0.25, 0.3) is 0 Å². The Hall–Kier alpha value is -1.52. The van der Waals surface area contributed by atoms with E-state index in [1.807, 2.05) is 18.2 Å². The second-order valence-electron chi connectivity index (χ2n) is 4.75. The fourth-order valence-corrected chi connectivity index (χ4v) is 3.10. The van der Waals surface area contributed by atoms with Crippen molar-refractivity contribution in [1.82, 2.24) is 4.90 Å². The number of hydrogen-bond donors (Lipinski definition) is 0. The molecule has 1 aliphatic heterocycles. The molecule has 0 spiro atoms. The smallest absolute Gasteiger partial charge is 0.319 e. The van der Waals surface area contributed by atoms with Gasteiger partial charge in [-0.25, -0.2) is 0 Å². The number of carbonyl (C=O) groups excluding carboxylic acids is 1. The molecule has 4 heteroatoms. The molecular weight excluding hydrogens is 270 g/mol. The van der Waals surface area contributed by atoms with E-state index in [4.69, 9.17) is 0 Å². The molecule has 0 amide bonds. The number of esters is 1. The zero-order chi connectivity index (χ0) is 14.4. The molecule has 0 N–H and O–H groups in total. The van der Waals surface area contributed by atoms with Gasteiger partial charge in [0, 0.05) is 17.3 Å². The van der Waals surface area contributed by atoms with Gasteiger partial charge in [-0.15, -0.1) is 11.8 Å². The Morgan fingerprint density at radius 3 is 2.85 bits per heavy atom. The van der Waals surface area contributed by atoms with E-state index in [1.165, 1.54) is 23.2 Å². The van der Waals surface area contributed by atoms with Crippen molar-refractivity contribution in [1.29, 1.82) is 0 Å². The van der Waals surface area contributed by atoms with E-state index in [2.05, 4.69) is 40.8 Å². The van der Waals surface area contributed by atoms with Crippen LogP contribution in [0.3, 0.4) is 0 Å². The van der Waals surface area contributed by atoms with E-state index in [0.717, 1.165) is 12.4 Å². The Kier molecular flexibility index (Phi) is 5.44. The highest BCUT2D eigenvalue weighted by atomic mass is 32.2. The van der Waals surface area contributed by atoms with Crippen LogP contribution in [0, 0.1) is 0 Å². The minimum atomic E-state index is -0.177. The minimum Gasteiger partial charge on any atom is -0.468 e. The monoisotopic (exact) mass is 289 g/mol. The molecule has 1 aromatic carbocycles. The third-order valence-electron chi connectivity index (χ3n) is 2.97. The summed E-state index contributed by atoms with van der Waals surface area (Å²) in [6, 6.07) is 10.3. The molecule has 1 heterocycles. The number of thioether (sulfide) groups is 1. The minimum absolute atomic E-state index is 0.177. The molecule has 0 aliphatic carbocycles. The molecule has 1 fully saturated rings. The summed E-state index contributed by atoms with van der Waals surface area (Å²) in [6.07, 6.45) is 4.35. The average Bonchev–Trinajstić information content (AvgIpc) is 2.86. The van der Waals surface area contributed by atoms with Crippen molar-refractivity contribution < 1.29 is 9.53 Å². The zero-order valence-electron chi connectivity index (χ0n) is 11.8. The van der Waals surface area contributed by atoms with E-state index in [-0.39, 0.29) is 5.97 Å². The lowest BCUT2D eigenvalue weighted by atomic mass is 10.1. The number of rotatable bonds is 4. The van der Waals surface area contributed by atoms with Gasteiger partial charge in [-0.05, 0) is 24.1 Å². The van der Waals surface area contributed by atoms with Gasteiger partial charge in [-0.3, -0.25) is 9.69 Å². The zero-order valence-corrected chi connectivity index (χ0v) is 12.7. The molecule has 0 saturated carbocycles. The van der Waals surface area contributed by atoms with Gasteiger partial charge < -0.3 is 4.74 Å². The third kappa shape index (κ3) is 4.54. The van der Waals surface area contributed by atoms with Crippen LogP contribution in [0.25, 0.3) is 6.08 Å². The summed E-state index contributed by atoms with van der Waals surface area (Å²) in [4.78, 5) is 14.6. The van der Waals surface area contributed by atoms with Crippen molar-refractivity contribution in [3.05, 3.63) is 52.4 Å². The van der Waals surface area contributed by atoms with Gasteiger partial charge in [0.15, 0.2) is 0 Å². The summed E-state index contributed by atoms with van der Waals surface area (Å²) in [5.41, 5.74) is 2.43. The van der Waals surface area contributed by atoms with E-state index in [9.17, 15) is 4.79 Å². The highest BCUT2D eigenvalue weighted by Crippen LogP contribution is 2.27. The SMILES string of the molecule is COC(=O)CN1CSC(=CC(C)=Cc2ccccc2)C1. The van der Waals surface area contributed by atoms with E-state index < -0.39 is 0 Å². The molecule has 0 bridgehead atoms. The summed E-state index contributed by atoms with van der Waals surface area (Å²) < 4.78 is 4.69. The lowest BCUT2D eigenvalue weighted by Crippen LogP contribution is -2.27. The first-order chi connectivity index (χ1) is 9.67. The Labute approximate surface area is 124 Å². The first-order valence-corrected chi connectivity index (χ1v) is 7.52. The molecule has 0 atom stereocenters. The van der Waals surface area contributed by atoms with Crippen molar-refractivity contribution in [2.24, 2.45) is 0 Å². The van der Waals surface area contributed by atoms with Gasteiger partial charge in [-0.1, -0.05) is 36.4 Å². The highest BCUT2D eigenvalue weighted by molar-refractivity contribution is 8.03. The Bertz CT molecular complexity index is 523. The largest absolute Gasteiger partial charge is 0.468 e. The number of methoxy groups -OCH3 is 1. The van der Waals surface area contributed by atoms with Gasteiger partial charge in [0.05, 0.1) is 13.7 Å². The maximum atomic E-state index is 11.2. The number of ether oxygens (including phenoxy) is 1. The van der Waals surface area contributed by atoms with Crippen LogP contribution in [0.5, 0.6) is 0 Å². The number of allylic oxidation sites excluding steroid dienone is 2. The molecule has 20 heavy (non-hydrogen) atoms. The fourth-order valence-electron chi connectivity index (χ4n) is 2.03. The van der Waals surface area contributed by atoms with Crippen LogP contribution in [-0.2, 0) is 9.53 Å². The molecule has 0 aromatic heterocycles. The first kappa shape index (κ1) is 14.9. The fraction of sp³-hybridized carbons (Fsp3) is 0.312. The Morgan fingerprint density at radius 2 is 2.15 bits per heavy atom. The lowest BCUT2D eigenvalue weighted by molar-refractivity contribution is -0.141. The summed E-state index contributed by atoms with van der Waals surface area (Å²) in [6.45, 7) is 3.28. The predicted molar refractivity (Wildman–Crippen MR) is 84.2 cm³/mol. The highest BCUT2D eigenvalue weighted by Gasteiger charge is 2.19. The molecule has 1 saturated heterocycles. The average molecular weight is 289 g/mol. The number of benzene rings is 1. The van der Waals surface area contributed by atoms with E-state index in [0.29, 0.717) is 6.54 Å². The van der Waals surface area contributed by atoms with Crippen LogP contribution in [-0.4, -0.2) is 36.9 Å². The standard InChI is InChI=1S/C16H19NO2S/c1-13(8-14-6-4-3-5-7-14)9-15-10-17(12-20-15)11-16(18)19-2/h3-9H,10-12H2,1-2H3. The lowest BCUT2D eigenvalue weighted by Gasteiger charge is -2.10. The normalized spacial score (nSPS) is 18.5. The van der Waals surface area contributed by atoms with Crippen molar-refractivity contribution in [3.63, 3.8) is 0 Å². The van der Waals surface area contributed by atoms with Crippen LogP contribution in [0.15, 0.2) is 46.9 Å². The van der Waals surface area contributed by atoms with Crippen LogP contribution in [0.2, 0.25) is 0 Å². The second-order valence-corrected chi connectivity index (χ2v) is 5.82. The van der Waals surface area contributed by atoms with Crippen LogP contribution < -0.4 is 0 Å². The molecule has 0 unspecified atom stereocenters. The summed E-state index contributed by atoms with van der Waals surface area (Å²) in [5, 5.41) is 0. The predicted octanol–water partition coefficient (Wildman–Crippen LogP) is 3.15. The summed E-state index contributed by atoms with van der Waals surface area (Å²) in [5.74, 6) is 0.669. The molecule has 2 rings (SSSR count). The molecular formula is C16H19NO2S. The van der Waals surface area contributed by atoms with Crippen molar-refractivity contribution in [2.45, 2.75) is 6.92 Å². The van der Waals surface area contributed by atoms with Crippen molar-refractivity contribution in [2.75, 3.05) is 26.1 Å². The van der Waals surface area contributed by atoms with E-state index in [1.54, 1.807) is 11.8 Å². The Morgan fingerprint density at radius 1 is 1.40 bits per heavy atom. The Balaban J connectivity index is 1.95. The molecule has 0 radical (unpaired) electrons. The maximum Gasteiger partial charge on any atom is 0.319 e. The third-order valence-corrected chi connectivity index (χ3v) is 4.09. The van der Waals surface area contributed by atoms with Crippen LogP contribution in [0.4, 0.5) is 0 Å². The quantitative estimate of drug-likeness (QED) is 0.796. The van der Waals surface area contributed by atoms with Crippen molar-refractivity contribution in [3.8, 4) is 0 Å². The maximum absolute atomic E-state index is 11.2. The molecule has 3 nitrogen and oxygen atoms in total. The van der Waals surface area contributed by atoms with Gasteiger partial charge in [0.2, 0.25) is 0 Å². The van der Waals surface area contributed by atoms with Gasteiger partial charge in [0.1, 0.15) is 0 Å². The summed E-state index contributed by atoms with van der Waals surface area (Å²) in [7, 11) is 1.43. The molecule has 1 aromatic rings. The summed E-state index contributed by atoms with van der Waals surface area (Å²) >= 11 is 1.78. The van der Waals surface area contributed by atoms with Gasteiger partial charge in [-0.2, -0.15) is 0 Å².